The van der Waals surface area contributed by atoms with Crippen molar-refractivity contribution in [3.63, 3.8) is 0 Å². The number of amides is 1. The fourth-order valence-corrected chi connectivity index (χ4v) is 2.77. The number of non-ortho nitro benzene ring substituents is 1. The zero-order chi connectivity index (χ0) is 16.3. The van der Waals surface area contributed by atoms with Gasteiger partial charge in [-0.1, -0.05) is 6.92 Å². The van der Waals surface area contributed by atoms with Crippen LogP contribution in [0, 0.1) is 15.9 Å². The van der Waals surface area contributed by atoms with Crippen LogP contribution in [0.15, 0.2) is 18.2 Å². The highest BCUT2D eigenvalue weighted by Crippen LogP contribution is 2.21. The van der Waals surface area contributed by atoms with E-state index in [0.717, 1.165) is 44.6 Å². The second-order valence-corrected chi connectivity index (χ2v) is 5.50. The summed E-state index contributed by atoms with van der Waals surface area (Å²) in [6, 6.07) is 3.21. The van der Waals surface area contributed by atoms with Gasteiger partial charge in [0.1, 0.15) is 5.82 Å². The monoisotopic (exact) mass is 309 g/mol. The van der Waals surface area contributed by atoms with E-state index in [1.807, 2.05) is 0 Å². The smallest absolute Gasteiger partial charge is 0.272 e. The average molecular weight is 309 g/mol. The second kappa shape index (κ2) is 6.83. The molecule has 1 heterocycles. The largest absolute Gasteiger partial charge is 0.339 e. The Morgan fingerprint density at radius 1 is 1.45 bits per heavy atom. The summed E-state index contributed by atoms with van der Waals surface area (Å²) in [4.78, 5) is 26.2. The van der Waals surface area contributed by atoms with Crippen molar-refractivity contribution >= 4 is 11.6 Å². The van der Waals surface area contributed by atoms with Crippen molar-refractivity contribution in [1.29, 1.82) is 0 Å². The van der Waals surface area contributed by atoms with E-state index in [9.17, 15) is 19.3 Å². The molecule has 1 fully saturated rings. The summed E-state index contributed by atoms with van der Waals surface area (Å²) in [6.45, 7) is 4.92. The molecule has 22 heavy (non-hydrogen) atoms. The molecule has 0 bridgehead atoms. The topological polar surface area (TPSA) is 66.7 Å². The third-order valence-electron chi connectivity index (χ3n) is 4.27. The number of nitrogens with zero attached hydrogens (tertiary/aromatic N) is 3. The average Bonchev–Trinajstić information content (AvgIpc) is 2.53. The summed E-state index contributed by atoms with van der Waals surface area (Å²) in [5.41, 5.74) is -0.473. The van der Waals surface area contributed by atoms with Gasteiger partial charge < -0.3 is 9.80 Å². The van der Waals surface area contributed by atoms with Crippen molar-refractivity contribution in [2.45, 2.75) is 25.8 Å². The van der Waals surface area contributed by atoms with Gasteiger partial charge in [0.2, 0.25) is 0 Å². The molecule has 0 unspecified atom stereocenters. The Bertz CT molecular complexity index is 571. The van der Waals surface area contributed by atoms with Gasteiger partial charge in [0, 0.05) is 32.2 Å². The number of halogens is 1. The predicted octanol–water partition coefficient (Wildman–Crippen LogP) is 2.29. The molecule has 1 aromatic carbocycles. The fraction of sp³-hybridized carbons (Fsp3) is 0.533. The van der Waals surface area contributed by atoms with Crippen LogP contribution in [0.1, 0.15) is 30.1 Å². The van der Waals surface area contributed by atoms with E-state index >= 15 is 0 Å². The van der Waals surface area contributed by atoms with E-state index in [4.69, 9.17) is 0 Å². The zero-order valence-corrected chi connectivity index (χ0v) is 12.8. The summed E-state index contributed by atoms with van der Waals surface area (Å²) >= 11 is 0. The van der Waals surface area contributed by atoms with E-state index in [1.54, 1.807) is 11.9 Å². The van der Waals surface area contributed by atoms with E-state index in [2.05, 4.69) is 11.8 Å². The Labute approximate surface area is 128 Å². The quantitative estimate of drug-likeness (QED) is 0.632. The maximum atomic E-state index is 13.9. The maximum absolute atomic E-state index is 13.9. The first kappa shape index (κ1) is 16.4. The van der Waals surface area contributed by atoms with Crippen LogP contribution in [-0.2, 0) is 0 Å². The molecule has 1 saturated heterocycles. The first-order chi connectivity index (χ1) is 10.4. The molecule has 6 nitrogen and oxygen atoms in total. The number of piperidine rings is 1. The Kier molecular flexibility index (Phi) is 5.07. The number of carbonyl (C=O) groups excluding carboxylic acids is 1. The second-order valence-electron chi connectivity index (χ2n) is 5.50. The molecule has 1 aliphatic rings. The highest BCUT2D eigenvalue weighted by molar-refractivity contribution is 5.94. The number of nitro groups is 1. The van der Waals surface area contributed by atoms with Crippen molar-refractivity contribution in [2.24, 2.45) is 0 Å². The predicted molar refractivity (Wildman–Crippen MR) is 80.3 cm³/mol. The minimum Gasteiger partial charge on any atom is -0.339 e. The summed E-state index contributed by atoms with van der Waals surface area (Å²) in [5.74, 6) is -1.28. The van der Waals surface area contributed by atoms with Crippen LogP contribution in [-0.4, -0.2) is 53.4 Å². The van der Waals surface area contributed by atoms with Gasteiger partial charge in [0.15, 0.2) is 0 Å². The molecular weight excluding hydrogens is 289 g/mol. The molecule has 1 aliphatic heterocycles. The Balaban J connectivity index is 2.09. The third kappa shape index (κ3) is 3.41. The van der Waals surface area contributed by atoms with Crippen LogP contribution in [0.4, 0.5) is 10.1 Å². The molecule has 0 spiro atoms. The van der Waals surface area contributed by atoms with E-state index in [0.29, 0.717) is 0 Å². The molecule has 120 valence electrons. The van der Waals surface area contributed by atoms with Crippen LogP contribution in [0.2, 0.25) is 0 Å². The van der Waals surface area contributed by atoms with Crippen molar-refractivity contribution in [2.75, 3.05) is 26.7 Å². The van der Waals surface area contributed by atoms with Gasteiger partial charge in [-0.05, 0) is 25.5 Å². The van der Waals surface area contributed by atoms with Crippen molar-refractivity contribution < 1.29 is 14.1 Å². The number of hydrogen-bond donors (Lipinski definition) is 0. The Morgan fingerprint density at radius 2 is 2.09 bits per heavy atom. The lowest BCUT2D eigenvalue weighted by molar-refractivity contribution is -0.385. The molecule has 0 atom stereocenters. The highest BCUT2D eigenvalue weighted by atomic mass is 19.1. The fourth-order valence-electron chi connectivity index (χ4n) is 2.77. The summed E-state index contributed by atoms with van der Waals surface area (Å²) in [6.07, 6.45) is 1.70. The number of benzene rings is 1. The minimum atomic E-state index is -0.850. The Morgan fingerprint density at radius 3 is 2.59 bits per heavy atom. The van der Waals surface area contributed by atoms with Gasteiger partial charge in [-0.2, -0.15) is 0 Å². The SMILES string of the molecule is CCN1CCC(N(C)C(=O)c2ccc([N+](=O)[O-])cc2F)CC1. The number of hydrogen-bond acceptors (Lipinski definition) is 4. The molecular formula is C15H20FN3O3. The molecule has 0 N–H and O–H groups in total. The van der Waals surface area contributed by atoms with Crippen LogP contribution >= 0.6 is 0 Å². The lowest BCUT2D eigenvalue weighted by Crippen LogP contribution is -2.45. The van der Waals surface area contributed by atoms with Crippen molar-refractivity contribution in [3.8, 4) is 0 Å². The van der Waals surface area contributed by atoms with E-state index in [1.165, 1.54) is 6.07 Å². The molecule has 0 saturated carbocycles. The number of likely N-dealkylation sites (tertiary alicyclic amines) is 1. The first-order valence-corrected chi connectivity index (χ1v) is 7.37. The number of nitro benzene ring substituents is 1. The summed E-state index contributed by atoms with van der Waals surface area (Å²) in [7, 11) is 1.66. The van der Waals surface area contributed by atoms with Gasteiger partial charge >= 0.3 is 0 Å². The van der Waals surface area contributed by atoms with Crippen molar-refractivity contribution in [1.82, 2.24) is 9.80 Å². The maximum Gasteiger partial charge on any atom is 0.272 e. The normalized spacial score (nSPS) is 16.5. The Hall–Kier alpha value is -2.02. The summed E-state index contributed by atoms with van der Waals surface area (Å²) < 4.78 is 13.9. The molecule has 7 heteroatoms. The van der Waals surface area contributed by atoms with Gasteiger partial charge in [-0.25, -0.2) is 4.39 Å². The zero-order valence-electron chi connectivity index (χ0n) is 12.8. The van der Waals surface area contributed by atoms with E-state index in [-0.39, 0.29) is 17.3 Å². The lowest BCUT2D eigenvalue weighted by Gasteiger charge is -2.36. The van der Waals surface area contributed by atoms with Gasteiger partial charge in [0.25, 0.3) is 11.6 Å². The van der Waals surface area contributed by atoms with Crippen LogP contribution in [0.3, 0.4) is 0 Å². The number of rotatable bonds is 4. The van der Waals surface area contributed by atoms with Crippen molar-refractivity contribution in [3.05, 3.63) is 39.7 Å². The molecule has 0 aliphatic carbocycles. The first-order valence-electron chi connectivity index (χ1n) is 7.37. The van der Waals surface area contributed by atoms with Gasteiger partial charge in [0.05, 0.1) is 16.6 Å². The molecule has 0 aromatic heterocycles. The van der Waals surface area contributed by atoms with Gasteiger partial charge in [-0.3, -0.25) is 14.9 Å². The summed E-state index contributed by atoms with van der Waals surface area (Å²) in [5, 5.41) is 10.6. The van der Waals surface area contributed by atoms with Gasteiger partial charge in [-0.15, -0.1) is 0 Å². The molecule has 0 radical (unpaired) electrons. The van der Waals surface area contributed by atoms with Crippen LogP contribution < -0.4 is 0 Å². The molecule has 1 amide bonds. The van der Waals surface area contributed by atoms with Crippen LogP contribution in [0.5, 0.6) is 0 Å². The lowest BCUT2D eigenvalue weighted by atomic mass is 10.0. The third-order valence-corrected chi connectivity index (χ3v) is 4.27. The highest BCUT2D eigenvalue weighted by Gasteiger charge is 2.27. The number of carbonyl (C=O) groups is 1. The van der Waals surface area contributed by atoms with Crippen LogP contribution in [0.25, 0.3) is 0 Å². The van der Waals surface area contributed by atoms with E-state index < -0.39 is 16.6 Å². The standard InChI is InChI=1S/C15H20FN3O3/c1-3-18-8-6-11(7-9-18)17(2)15(20)13-5-4-12(19(21)22)10-14(13)16/h4-5,10-11H,3,6-9H2,1-2H3. The molecule has 2 rings (SSSR count). The molecule has 1 aromatic rings. The minimum absolute atomic E-state index is 0.0740.